The maximum Gasteiger partial charge on any atom is 0.215 e. The summed E-state index contributed by atoms with van der Waals surface area (Å²) >= 11 is 0. The summed E-state index contributed by atoms with van der Waals surface area (Å²) in [5.74, 6) is -0.210. The lowest BCUT2D eigenvalue weighted by Crippen LogP contribution is -2.42. The van der Waals surface area contributed by atoms with E-state index >= 15 is 0 Å². The fourth-order valence-electron chi connectivity index (χ4n) is 2.55. The van der Waals surface area contributed by atoms with Crippen LogP contribution in [0.1, 0.15) is 38.5 Å². The number of hydrogen-bond donors (Lipinski definition) is 1. The molecule has 2 aliphatic rings. The van der Waals surface area contributed by atoms with E-state index in [9.17, 15) is 16.8 Å². The van der Waals surface area contributed by atoms with Gasteiger partial charge in [0.1, 0.15) is 0 Å². The third-order valence-electron chi connectivity index (χ3n) is 3.57. The van der Waals surface area contributed by atoms with Crippen molar-refractivity contribution < 1.29 is 16.8 Å². The van der Waals surface area contributed by atoms with E-state index in [1.54, 1.807) is 0 Å². The molecule has 0 aromatic rings. The molecule has 1 aliphatic carbocycles. The van der Waals surface area contributed by atoms with E-state index in [4.69, 9.17) is 0 Å². The summed E-state index contributed by atoms with van der Waals surface area (Å²) in [5.41, 5.74) is 0. The fraction of sp³-hybridized carbons (Fsp3) is 1.00. The zero-order valence-corrected chi connectivity index (χ0v) is 11.4. The highest BCUT2D eigenvalue weighted by Gasteiger charge is 2.38. The van der Waals surface area contributed by atoms with Crippen LogP contribution < -0.4 is 4.72 Å². The summed E-state index contributed by atoms with van der Waals surface area (Å²) in [5, 5.41) is -0.741. The molecule has 2 fully saturated rings. The first-order valence-electron chi connectivity index (χ1n) is 6.11. The topological polar surface area (TPSA) is 80.3 Å². The molecule has 1 saturated carbocycles. The second kappa shape index (κ2) is 4.85. The molecular formula is C10H19NO4S2. The maximum atomic E-state index is 12.0. The summed E-state index contributed by atoms with van der Waals surface area (Å²) < 4.78 is 49.3. The SMILES string of the molecule is O=S1(=O)CCC(S(=O)(=O)NC2CCCCC2)C1. The summed E-state index contributed by atoms with van der Waals surface area (Å²) in [7, 11) is -6.60. The van der Waals surface area contributed by atoms with Crippen molar-refractivity contribution in [1.82, 2.24) is 4.72 Å². The van der Waals surface area contributed by atoms with Crippen LogP contribution in [-0.4, -0.2) is 39.6 Å². The second-order valence-electron chi connectivity index (χ2n) is 5.02. The lowest BCUT2D eigenvalue weighted by molar-refractivity contribution is 0.410. The molecule has 100 valence electrons. The van der Waals surface area contributed by atoms with Gasteiger partial charge in [0.15, 0.2) is 9.84 Å². The predicted octanol–water partition coefficient (Wildman–Crippen LogP) is 0.426. The van der Waals surface area contributed by atoms with Crippen molar-refractivity contribution in [1.29, 1.82) is 0 Å². The Hall–Kier alpha value is -0.140. The van der Waals surface area contributed by atoms with Crippen LogP contribution in [0.3, 0.4) is 0 Å². The van der Waals surface area contributed by atoms with E-state index < -0.39 is 25.1 Å². The standard InChI is InChI=1S/C10H19NO4S2/c12-16(13)7-6-10(8-16)17(14,15)11-9-4-2-1-3-5-9/h9-11H,1-8H2. The van der Waals surface area contributed by atoms with Crippen molar-refractivity contribution in [2.45, 2.75) is 49.8 Å². The minimum atomic E-state index is -3.46. The first kappa shape index (κ1) is 13.3. The third-order valence-corrected chi connectivity index (χ3v) is 7.49. The number of nitrogens with one attached hydrogen (secondary N) is 1. The largest absolute Gasteiger partial charge is 0.229 e. The van der Waals surface area contributed by atoms with Gasteiger partial charge in [-0.15, -0.1) is 0 Å². The Kier molecular flexibility index (Phi) is 3.80. The molecule has 0 spiro atoms. The zero-order chi connectivity index (χ0) is 12.5. The number of rotatable bonds is 3. The molecule has 1 aliphatic heterocycles. The van der Waals surface area contributed by atoms with Gasteiger partial charge in [-0.05, 0) is 19.3 Å². The van der Waals surface area contributed by atoms with E-state index in [0.29, 0.717) is 0 Å². The number of sulfonamides is 1. The van der Waals surface area contributed by atoms with E-state index in [2.05, 4.69) is 4.72 Å². The molecule has 17 heavy (non-hydrogen) atoms. The Bertz CT molecular complexity index is 463. The van der Waals surface area contributed by atoms with Crippen molar-refractivity contribution in [2.75, 3.05) is 11.5 Å². The van der Waals surface area contributed by atoms with E-state index in [1.807, 2.05) is 0 Å². The van der Waals surface area contributed by atoms with Gasteiger partial charge in [0.25, 0.3) is 0 Å². The Morgan fingerprint density at radius 3 is 2.18 bits per heavy atom. The summed E-state index contributed by atoms with van der Waals surface area (Å²) in [4.78, 5) is 0. The van der Waals surface area contributed by atoms with Gasteiger partial charge in [-0.2, -0.15) is 0 Å². The van der Waals surface area contributed by atoms with E-state index in [1.165, 1.54) is 0 Å². The highest BCUT2D eigenvalue weighted by atomic mass is 32.2. The van der Waals surface area contributed by atoms with Gasteiger partial charge in [0.2, 0.25) is 10.0 Å². The van der Waals surface area contributed by atoms with Crippen LogP contribution in [0, 0.1) is 0 Å². The molecule has 5 nitrogen and oxygen atoms in total. The Labute approximate surface area is 103 Å². The average Bonchev–Trinajstić information content (AvgIpc) is 2.60. The smallest absolute Gasteiger partial charge is 0.215 e. The molecule has 1 heterocycles. The van der Waals surface area contributed by atoms with Gasteiger partial charge >= 0.3 is 0 Å². The molecule has 0 bridgehead atoms. The molecule has 1 N–H and O–H groups in total. The molecule has 0 aromatic heterocycles. The highest BCUT2D eigenvalue weighted by Crippen LogP contribution is 2.22. The zero-order valence-electron chi connectivity index (χ0n) is 9.76. The van der Waals surface area contributed by atoms with Crippen LogP contribution in [0.2, 0.25) is 0 Å². The minimum Gasteiger partial charge on any atom is -0.229 e. The fourth-order valence-corrected chi connectivity index (χ4v) is 6.91. The predicted molar refractivity (Wildman–Crippen MR) is 66.0 cm³/mol. The van der Waals surface area contributed by atoms with Gasteiger partial charge < -0.3 is 0 Å². The van der Waals surface area contributed by atoms with Gasteiger partial charge in [-0.25, -0.2) is 21.6 Å². The average molecular weight is 281 g/mol. The second-order valence-corrected chi connectivity index (χ2v) is 9.24. The van der Waals surface area contributed by atoms with Crippen molar-refractivity contribution >= 4 is 19.9 Å². The van der Waals surface area contributed by atoms with E-state index in [-0.39, 0.29) is 24.0 Å². The molecule has 2 rings (SSSR count). The molecule has 1 unspecified atom stereocenters. The van der Waals surface area contributed by atoms with Gasteiger partial charge in [0.05, 0.1) is 16.8 Å². The Morgan fingerprint density at radius 1 is 1.00 bits per heavy atom. The van der Waals surface area contributed by atoms with Gasteiger partial charge in [-0.3, -0.25) is 0 Å². The van der Waals surface area contributed by atoms with E-state index in [0.717, 1.165) is 32.1 Å². The van der Waals surface area contributed by atoms with Crippen molar-refractivity contribution in [3.05, 3.63) is 0 Å². The van der Waals surface area contributed by atoms with Crippen LogP contribution in [0.15, 0.2) is 0 Å². The highest BCUT2D eigenvalue weighted by molar-refractivity contribution is 7.95. The molecule has 0 radical (unpaired) electrons. The Morgan fingerprint density at radius 2 is 1.65 bits per heavy atom. The van der Waals surface area contributed by atoms with Crippen molar-refractivity contribution in [2.24, 2.45) is 0 Å². The molecule has 0 amide bonds. The van der Waals surface area contributed by atoms with Crippen LogP contribution in [0.4, 0.5) is 0 Å². The normalized spacial score (nSPS) is 30.5. The van der Waals surface area contributed by atoms with Gasteiger partial charge in [-0.1, -0.05) is 19.3 Å². The third kappa shape index (κ3) is 3.42. The first-order chi connectivity index (χ1) is 7.89. The number of sulfone groups is 1. The molecule has 0 aromatic carbocycles. The summed E-state index contributed by atoms with van der Waals surface area (Å²) in [6.07, 6.45) is 5.25. The lowest BCUT2D eigenvalue weighted by Gasteiger charge is -2.24. The van der Waals surface area contributed by atoms with Crippen LogP contribution in [0.5, 0.6) is 0 Å². The molecule has 1 atom stereocenters. The molecule has 1 saturated heterocycles. The monoisotopic (exact) mass is 281 g/mol. The van der Waals surface area contributed by atoms with Crippen molar-refractivity contribution in [3.63, 3.8) is 0 Å². The van der Waals surface area contributed by atoms with Crippen LogP contribution >= 0.6 is 0 Å². The van der Waals surface area contributed by atoms with Crippen LogP contribution in [0.25, 0.3) is 0 Å². The number of hydrogen-bond acceptors (Lipinski definition) is 4. The first-order valence-corrected chi connectivity index (χ1v) is 9.47. The molecule has 7 heteroatoms. The summed E-state index contributed by atoms with van der Waals surface area (Å²) in [6, 6.07) is 0.0112. The summed E-state index contributed by atoms with van der Waals surface area (Å²) in [6.45, 7) is 0. The van der Waals surface area contributed by atoms with Crippen LogP contribution in [-0.2, 0) is 19.9 Å². The lowest BCUT2D eigenvalue weighted by atomic mass is 9.96. The maximum absolute atomic E-state index is 12.0. The quantitative estimate of drug-likeness (QED) is 0.813. The Balaban J connectivity index is 1.99. The van der Waals surface area contributed by atoms with Crippen molar-refractivity contribution in [3.8, 4) is 0 Å². The molecular weight excluding hydrogens is 262 g/mol. The minimum absolute atomic E-state index is 0.00322. The van der Waals surface area contributed by atoms with Gasteiger partial charge in [0, 0.05) is 6.04 Å².